The Hall–Kier alpha value is -4.06. The first-order chi connectivity index (χ1) is 18.5. The molecule has 2 saturated heterocycles. The summed E-state index contributed by atoms with van der Waals surface area (Å²) < 4.78 is 10.5. The molecule has 2 aliphatic heterocycles. The normalized spacial score (nSPS) is 20.8. The van der Waals surface area contributed by atoms with Crippen LogP contribution in [0.3, 0.4) is 0 Å². The van der Waals surface area contributed by atoms with Crippen molar-refractivity contribution in [3.05, 3.63) is 71.8 Å². The van der Waals surface area contributed by atoms with Gasteiger partial charge in [-0.3, -0.25) is 14.6 Å². The van der Waals surface area contributed by atoms with Crippen molar-refractivity contribution in [1.82, 2.24) is 9.80 Å². The third-order valence-electron chi connectivity index (χ3n) is 7.37. The molecule has 0 radical (unpaired) electrons. The van der Waals surface area contributed by atoms with Crippen molar-refractivity contribution in [2.75, 3.05) is 13.1 Å². The lowest BCUT2D eigenvalue weighted by Gasteiger charge is -2.29. The van der Waals surface area contributed by atoms with Crippen LogP contribution >= 0.6 is 0 Å². The molecule has 208 valence electrons. The van der Waals surface area contributed by atoms with E-state index >= 15 is 0 Å². The quantitative estimate of drug-likeness (QED) is 0.584. The first-order valence-corrected chi connectivity index (χ1v) is 13.1. The molecular weight excluding hydrogens is 496 g/mol. The van der Waals surface area contributed by atoms with Gasteiger partial charge in [0, 0.05) is 18.5 Å². The summed E-state index contributed by atoms with van der Waals surface area (Å²) >= 11 is 0. The fourth-order valence-corrected chi connectivity index (χ4v) is 4.97. The average Bonchev–Trinajstić information content (AvgIpc) is 3.41. The maximum Gasteiger partial charge on any atom is 0.411 e. The Morgan fingerprint density at radius 2 is 1.26 bits per heavy atom. The van der Waals surface area contributed by atoms with Crippen LogP contribution in [0.25, 0.3) is 0 Å². The van der Waals surface area contributed by atoms with Crippen LogP contribution in [-0.4, -0.2) is 53.1 Å². The molecule has 0 aliphatic carbocycles. The minimum absolute atomic E-state index is 0.166. The summed E-state index contributed by atoms with van der Waals surface area (Å²) in [7, 11) is 0. The summed E-state index contributed by atoms with van der Waals surface area (Å²) in [6.45, 7) is 9.40. The zero-order chi connectivity index (χ0) is 28.6. The lowest BCUT2D eigenvalue weighted by atomic mass is 9.84. The van der Waals surface area contributed by atoms with E-state index in [4.69, 9.17) is 15.2 Å². The Kier molecular flexibility index (Phi) is 9.57. The number of carbonyl (C=O) groups excluding carboxylic acids is 3. The highest BCUT2D eigenvalue weighted by molar-refractivity contribution is 5.85. The van der Waals surface area contributed by atoms with Crippen LogP contribution in [-0.2, 0) is 27.5 Å². The maximum atomic E-state index is 12.1. The van der Waals surface area contributed by atoms with Crippen molar-refractivity contribution in [1.29, 1.82) is 5.26 Å². The number of nitrogens with two attached hydrogens (primary N) is 1. The first-order valence-electron chi connectivity index (χ1n) is 13.1. The Labute approximate surface area is 230 Å². The first kappa shape index (κ1) is 29.5. The summed E-state index contributed by atoms with van der Waals surface area (Å²) in [5, 5.41) is 9.21. The number of amides is 3. The number of hydrogen-bond donors (Lipinski definition) is 1. The summed E-state index contributed by atoms with van der Waals surface area (Å²) in [6, 6.07) is 20.2. The summed E-state index contributed by atoms with van der Waals surface area (Å²) in [6.07, 6.45) is 0.677. The molecule has 0 bridgehead atoms. The lowest BCUT2D eigenvalue weighted by Crippen LogP contribution is -2.49. The fraction of sp³-hybridized carbons (Fsp3) is 0.467. The minimum Gasteiger partial charge on any atom is -0.445 e. The Morgan fingerprint density at radius 3 is 1.72 bits per heavy atom. The van der Waals surface area contributed by atoms with Crippen molar-refractivity contribution in [2.45, 2.75) is 65.8 Å². The fourth-order valence-electron chi connectivity index (χ4n) is 4.97. The van der Waals surface area contributed by atoms with Crippen molar-refractivity contribution >= 4 is 18.1 Å². The number of nitriles is 1. The molecule has 2 aromatic carbocycles. The molecule has 2 heterocycles. The van der Waals surface area contributed by atoms with Crippen LogP contribution < -0.4 is 5.73 Å². The second kappa shape index (κ2) is 12.7. The Bertz CT molecular complexity index is 1180. The molecule has 2 atom stereocenters. The highest BCUT2D eigenvalue weighted by atomic mass is 16.6. The zero-order valence-corrected chi connectivity index (χ0v) is 23.1. The van der Waals surface area contributed by atoms with Gasteiger partial charge in [0.1, 0.15) is 25.3 Å². The number of rotatable bonds is 5. The number of hydrogen-bond acceptors (Lipinski definition) is 6. The summed E-state index contributed by atoms with van der Waals surface area (Å²) in [5.74, 6) is -0.482. The molecule has 9 nitrogen and oxygen atoms in total. The standard InChI is InChI=1S/C15H20N2O3.C15H18N2O2/c1-15(2)8-9-17(12(15)13(16)18)14(19)20-10-11-6-4-3-5-7-11;1-15(2)8-9-17(13(15)10-16)14(18)19-11-12-6-4-3-5-7-12/h3-7,12H,8-10H2,1-2H3,(H2,16,18);3-7,13H,8-9,11H2,1-2H3. The maximum absolute atomic E-state index is 12.1. The Morgan fingerprint density at radius 1 is 0.821 bits per heavy atom. The number of ether oxygens (including phenoxy) is 2. The number of likely N-dealkylation sites (tertiary alicyclic amines) is 2. The van der Waals surface area contributed by atoms with E-state index in [-0.39, 0.29) is 24.0 Å². The van der Waals surface area contributed by atoms with Crippen molar-refractivity contribution in [2.24, 2.45) is 16.6 Å². The highest BCUT2D eigenvalue weighted by Gasteiger charge is 2.47. The molecule has 3 amide bonds. The molecule has 0 saturated carbocycles. The predicted molar refractivity (Wildman–Crippen MR) is 146 cm³/mol. The number of nitrogens with zero attached hydrogens (tertiary/aromatic N) is 3. The third-order valence-corrected chi connectivity index (χ3v) is 7.37. The number of primary amides is 1. The molecule has 2 fully saturated rings. The van der Waals surface area contributed by atoms with Gasteiger partial charge in [-0.1, -0.05) is 88.4 Å². The molecule has 2 N–H and O–H groups in total. The van der Waals surface area contributed by atoms with E-state index in [9.17, 15) is 19.6 Å². The van der Waals surface area contributed by atoms with E-state index in [0.717, 1.165) is 24.0 Å². The van der Waals surface area contributed by atoms with Crippen LogP contribution in [0.4, 0.5) is 9.59 Å². The van der Waals surface area contributed by atoms with Gasteiger partial charge in [-0.05, 0) is 29.4 Å². The number of carbonyl (C=O) groups is 3. The van der Waals surface area contributed by atoms with Gasteiger partial charge in [-0.25, -0.2) is 9.59 Å². The topological polar surface area (TPSA) is 126 Å². The number of benzene rings is 2. The van der Waals surface area contributed by atoms with Gasteiger partial charge in [0.2, 0.25) is 5.91 Å². The molecule has 2 unspecified atom stereocenters. The van der Waals surface area contributed by atoms with Gasteiger partial charge in [-0.15, -0.1) is 0 Å². The third kappa shape index (κ3) is 7.50. The average molecular weight is 535 g/mol. The van der Waals surface area contributed by atoms with Gasteiger partial charge in [0.15, 0.2) is 0 Å². The molecule has 39 heavy (non-hydrogen) atoms. The van der Waals surface area contributed by atoms with Gasteiger partial charge in [-0.2, -0.15) is 5.26 Å². The van der Waals surface area contributed by atoms with Gasteiger partial charge < -0.3 is 15.2 Å². The van der Waals surface area contributed by atoms with Crippen molar-refractivity contribution in [3.8, 4) is 6.07 Å². The monoisotopic (exact) mass is 534 g/mol. The summed E-state index contributed by atoms with van der Waals surface area (Å²) in [5.41, 5.74) is 6.81. The minimum atomic E-state index is -0.606. The second-order valence-corrected chi connectivity index (χ2v) is 11.3. The molecular formula is C30H38N4O5. The molecule has 9 heteroatoms. The van der Waals surface area contributed by atoms with E-state index < -0.39 is 30.2 Å². The molecule has 2 aromatic rings. The highest BCUT2D eigenvalue weighted by Crippen LogP contribution is 2.37. The van der Waals surface area contributed by atoms with E-state index in [1.807, 2.05) is 88.4 Å². The summed E-state index contributed by atoms with van der Waals surface area (Å²) in [4.78, 5) is 38.7. The van der Waals surface area contributed by atoms with Crippen LogP contribution in [0, 0.1) is 22.2 Å². The van der Waals surface area contributed by atoms with Gasteiger partial charge >= 0.3 is 12.2 Å². The van der Waals surface area contributed by atoms with E-state index in [1.54, 1.807) is 0 Å². The molecule has 0 spiro atoms. The zero-order valence-electron chi connectivity index (χ0n) is 23.1. The van der Waals surface area contributed by atoms with E-state index in [0.29, 0.717) is 13.1 Å². The van der Waals surface area contributed by atoms with E-state index in [2.05, 4.69) is 6.07 Å². The molecule has 2 aliphatic rings. The predicted octanol–water partition coefficient (Wildman–Crippen LogP) is 4.86. The van der Waals surface area contributed by atoms with E-state index in [1.165, 1.54) is 9.80 Å². The lowest BCUT2D eigenvalue weighted by molar-refractivity contribution is -0.124. The molecule has 4 rings (SSSR count). The van der Waals surface area contributed by atoms with Crippen LogP contribution in [0.5, 0.6) is 0 Å². The second-order valence-electron chi connectivity index (χ2n) is 11.3. The van der Waals surface area contributed by atoms with Crippen LogP contribution in [0.15, 0.2) is 60.7 Å². The largest absolute Gasteiger partial charge is 0.445 e. The van der Waals surface area contributed by atoms with Crippen LogP contribution in [0.1, 0.15) is 51.7 Å². The Balaban J connectivity index is 0.000000216. The smallest absolute Gasteiger partial charge is 0.411 e. The molecule has 0 aromatic heterocycles. The van der Waals surface area contributed by atoms with Crippen molar-refractivity contribution < 1.29 is 23.9 Å². The SMILES string of the molecule is CC1(C)CCN(C(=O)OCc2ccccc2)C1C#N.CC1(C)CCN(C(=O)OCc2ccccc2)C1C(N)=O. The van der Waals surface area contributed by atoms with Crippen molar-refractivity contribution in [3.63, 3.8) is 0 Å². The van der Waals surface area contributed by atoms with Gasteiger partial charge in [0.25, 0.3) is 0 Å². The van der Waals surface area contributed by atoms with Crippen LogP contribution in [0.2, 0.25) is 0 Å². The van der Waals surface area contributed by atoms with Gasteiger partial charge in [0.05, 0.1) is 6.07 Å².